The van der Waals surface area contributed by atoms with Crippen LogP contribution in [0, 0.1) is 6.92 Å². The lowest BCUT2D eigenvalue weighted by Gasteiger charge is -2.10. The van der Waals surface area contributed by atoms with Gasteiger partial charge < -0.3 is 16.2 Å². The van der Waals surface area contributed by atoms with Gasteiger partial charge >= 0.3 is 0 Å². The van der Waals surface area contributed by atoms with E-state index in [1.165, 1.54) is 0 Å². The Morgan fingerprint density at radius 1 is 1.39 bits per heavy atom. The molecule has 1 aromatic heterocycles. The maximum atomic E-state index is 10.6. The fourth-order valence-corrected chi connectivity index (χ4v) is 1.63. The zero-order valence-electron chi connectivity index (χ0n) is 10.8. The van der Waals surface area contributed by atoms with Gasteiger partial charge in [0.15, 0.2) is 0 Å². The fourth-order valence-electron chi connectivity index (χ4n) is 1.63. The first kappa shape index (κ1) is 14.4. The Bertz CT molecular complexity index is 394. The molecule has 5 nitrogen and oxygen atoms in total. The lowest BCUT2D eigenvalue weighted by Crippen LogP contribution is -2.11. The smallest absolute Gasteiger partial charge is 0.217 e. The molecule has 0 radical (unpaired) electrons. The van der Waals surface area contributed by atoms with Gasteiger partial charge in [-0.3, -0.25) is 9.78 Å². The van der Waals surface area contributed by atoms with Crippen LogP contribution in [0.15, 0.2) is 12.1 Å². The molecule has 1 heterocycles. The van der Waals surface area contributed by atoms with E-state index in [-0.39, 0.29) is 5.91 Å². The van der Waals surface area contributed by atoms with E-state index >= 15 is 0 Å². The fraction of sp³-hybridized carbons (Fsp3) is 0.538. The van der Waals surface area contributed by atoms with Crippen molar-refractivity contribution >= 4 is 5.91 Å². The molecule has 5 heteroatoms. The molecule has 1 amide bonds. The summed E-state index contributed by atoms with van der Waals surface area (Å²) in [6, 6.07) is 3.83. The standard InChI is InChI=1S/C13H21N3O2/c1-10-5-6-12(11(16-10)7-8-14)18-9-3-2-4-13(15)17/h5-6H,2-4,7-9,14H2,1H3,(H2,15,17). The first-order valence-corrected chi connectivity index (χ1v) is 6.21. The number of rotatable bonds is 8. The summed E-state index contributed by atoms with van der Waals surface area (Å²) < 4.78 is 5.66. The molecule has 0 saturated carbocycles. The summed E-state index contributed by atoms with van der Waals surface area (Å²) >= 11 is 0. The molecule has 0 aliphatic heterocycles. The molecule has 0 unspecified atom stereocenters. The number of carbonyl (C=O) groups is 1. The lowest BCUT2D eigenvalue weighted by molar-refractivity contribution is -0.118. The summed E-state index contributed by atoms with van der Waals surface area (Å²) in [5, 5.41) is 0. The van der Waals surface area contributed by atoms with Gasteiger partial charge in [-0.1, -0.05) is 0 Å². The van der Waals surface area contributed by atoms with E-state index in [1.54, 1.807) is 0 Å². The highest BCUT2D eigenvalue weighted by Gasteiger charge is 2.05. The normalized spacial score (nSPS) is 10.3. The van der Waals surface area contributed by atoms with Crippen molar-refractivity contribution in [2.75, 3.05) is 13.2 Å². The van der Waals surface area contributed by atoms with Crippen LogP contribution in [0.5, 0.6) is 5.75 Å². The molecule has 4 N–H and O–H groups in total. The number of pyridine rings is 1. The van der Waals surface area contributed by atoms with E-state index in [0.29, 0.717) is 26.0 Å². The number of ether oxygens (including phenoxy) is 1. The summed E-state index contributed by atoms with van der Waals surface area (Å²) in [4.78, 5) is 15.0. The van der Waals surface area contributed by atoms with Crippen molar-refractivity contribution in [2.45, 2.75) is 32.6 Å². The molecule has 0 aromatic carbocycles. The number of hydrogen-bond donors (Lipinski definition) is 2. The summed E-state index contributed by atoms with van der Waals surface area (Å²) in [7, 11) is 0. The molecule has 1 aromatic rings. The lowest BCUT2D eigenvalue weighted by atomic mass is 10.2. The molecule has 0 spiro atoms. The average Bonchev–Trinajstić information content (AvgIpc) is 2.31. The Morgan fingerprint density at radius 2 is 2.17 bits per heavy atom. The molecule has 0 fully saturated rings. The van der Waals surface area contributed by atoms with E-state index in [0.717, 1.165) is 30.0 Å². The van der Waals surface area contributed by atoms with Crippen molar-refractivity contribution in [1.29, 1.82) is 0 Å². The van der Waals surface area contributed by atoms with Crippen LogP contribution in [0.1, 0.15) is 30.7 Å². The van der Waals surface area contributed by atoms with Crippen molar-refractivity contribution < 1.29 is 9.53 Å². The van der Waals surface area contributed by atoms with Crippen LogP contribution < -0.4 is 16.2 Å². The predicted molar refractivity (Wildman–Crippen MR) is 70.3 cm³/mol. The molecular formula is C13H21N3O2. The van der Waals surface area contributed by atoms with Gasteiger partial charge in [-0.05, 0) is 38.4 Å². The van der Waals surface area contributed by atoms with E-state index in [1.807, 2.05) is 19.1 Å². The zero-order chi connectivity index (χ0) is 13.4. The van der Waals surface area contributed by atoms with Gasteiger partial charge in [0.1, 0.15) is 5.75 Å². The van der Waals surface area contributed by atoms with E-state index in [9.17, 15) is 4.79 Å². The SMILES string of the molecule is Cc1ccc(OCCCCC(N)=O)c(CCN)n1. The Kier molecular flexibility index (Phi) is 6.14. The van der Waals surface area contributed by atoms with Crippen LogP contribution in [0.4, 0.5) is 0 Å². The van der Waals surface area contributed by atoms with Crippen LogP contribution in [0.2, 0.25) is 0 Å². The number of unbranched alkanes of at least 4 members (excludes halogenated alkanes) is 1. The van der Waals surface area contributed by atoms with Gasteiger partial charge in [0.05, 0.1) is 12.3 Å². The highest BCUT2D eigenvalue weighted by Crippen LogP contribution is 2.17. The third kappa shape index (κ3) is 5.14. The molecule has 100 valence electrons. The number of carbonyl (C=O) groups excluding carboxylic acids is 1. The Labute approximate surface area is 108 Å². The van der Waals surface area contributed by atoms with Gasteiger partial charge in [-0.2, -0.15) is 0 Å². The summed E-state index contributed by atoms with van der Waals surface area (Å²) in [5.41, 5.74) is 12.5. The molecular weight excluding hydrogens is 230 g/mol. The number of aromatic nitrogens is 1. The summed E-state index contributed by atoms with van der Waals surface area (Å²) in [6.45, 7) is 3.06. The topological polar surface area (TPSA) is 91.2 Å². The van der Waals surface area contributed by atoms with Crippen LogP contribution in [0.25, 0.3) is 0 Å². The number of amides is 1. The molecule has 18 heavy (non-hydrogen) atoms. The first-order valence-electron chi connectivity index (χ1n) is 6.21. The van der Waals surface area contributed by atoms with Crippen LogP contribution in [-0.4, -0.2) is 24.0 Å². The number of nitrogens with two attached hydrogens (primary N) is 2. The highest BCUT2D eigenvalue weighted by atomic mass is 16.5. The summed E-state index contributed by atoms with van der Waals surface area (Å²) in [5.74, 6) is 0.515. The quantitative estimate of drug-likeness (QED) is 0.672. The van der Waals surface area contributed by atoms with Crippen LogP contribution in [0.3, 0.4) is 0 Å². The van der Waals surface area contributed by atoms with Gasteiger partial charge in [-0.15, -0.1) is 0 Å². The molecule has 0 aliphatic carbocycles. The van der Waals surface area contributed by atoms with Gasteiger partial charge in [0.25, 0.3) is 0 Å². The number of primary amides is 1. The molecule has 1 rings (SSSR count). The van der Waals surface area contributed by atoms with Crippen LogP contribution in [-0.2, 0) is 11.2 Å². The van der Waals surface area contributed by atoms with Crippen molar-refractivity contribution in [1.82, 2.24) is 4.98 Å². The van der Waals surface area contributed by atoms with Crippen molar-refractivity contribution in [3.8, 4) is 5.75 Å². The van der Waals surface area contributed by atoms with Crippen molar-refractivity contribution in [3.05, 3.63) is 23.5 Å². The molecule has 0 saturated heterocycles. The summed E-state index contributed by atoms with van der Waals surface area (Å²) in [6.07, 6.45) is 2.67. The Hall–Kier alpha value is -1.62. The van der Waals surface area contributed by atoms with E-state index in [4.69, 9.17) is 16.2 Å². The highest BCUT2D eigenvalue weighted by molar-refractivity contribution is 5.73. The third-order valence-electron chi connectivity index (χ3n) is 2.53. The maximum Gasteiger partial charge on any atom is 0.217 e. The van der Waals surface area contributed by atoms with Gasteiger partial charge in [0.2, 0.25) is 5.91 Å². The van der Waals surface area contributed by atoms with Gasteiger partial charge in [0, 0.05) is 18.5 Å². The second-order valence-electron chi connectivity index (χ2n) is 4.21. The van der Waals surface area contributed by atoms with Crippen molar-refractivity contribution in [3.63, 3.8) is 0 Å². The second-order valence-corrected chi connectivity index (χ2v) is 4.21. The average molecular weight is 251 g/mol. The van der Waals surface area contributed by atoms with E-state index < -0.39 is 0 Å². The predicted octanol–water partition coefficient (Wildman–Crippen LogP) is 0.926. The van der Waals surface area contributed by atoms with Crippen molar-refractivity contribution in [2.24, 2.45) is 11.5 Å². The Balaban J connectivity index is 2.43. The number of hydrogen-bond acceptors (Lipinski definition) is 4. The first-order chi connectivity index (χ1) is 8.63. The molecule has 0 atom stereocenters. The third-order valence-corrected chi connectivity index (χ3v) is 2.53. The minimum Gasteiger partial charge on any atom is -0.492 e. The number of aryl methyl sites for hydroxylation is 1. The molecule has 0 bridgehead atoms. The second kappa shape index (κ2) is 7.66. The van der Waals surface area contributed by atoms with Gasteiger partial charge in [-0.25, -0.2) is 0 Å². The van der Waals surface area contributed by atoms with Crippen LogP contribution >= 0.6 is 0 Å². The zero-order valence-corrected chi connectivity index (χ0v) is 10.8. The maximum absolute atomic E-state index is 10.6. The largest absolute Gasteiger partial charge is 0.492 e. The number of nitrogens with zero attached hydrogens (tertiary/aromatic N) is 1. The monoisotopic (exact) mass is 251 g/mol. The van der Waals surface area contributed by atoms with E-state index in [2.05, 4.69) is 4.98 Å². The minimum atomic E-state index is -0.268. The molecule has 0 aliphatic rings. The Morgan fingerprint density at radius 3 is 2.83 bits per heavy atom. The minimum absolute atomic E-state index is 0.268.